The molecule has 5 nitrogen and oxygen atoms in total. The molecule has 2 unspecified atom stereocenters. The van der Waals surface area contributed by atoms with Crippen molar-refractivity contribution in [1.82, 2.24) is 9.80 Å². The van der Waals surface area contributed by atoms with Crippen molar-refractivity contribution >= 4 is 11.8 Å². The average Bonchev–Trinajstić information content (AvgIpc) is 2.86. The molecular formula is C19H26N2O3. The van der Waals surface area contributed by atoms with Gasteiger partial charge >= 0.3 is 0 Å². The number of aliphatic hydroxyl groups is 1. The van der Waals surface area contributed by atoms with E-state index in [0.29, 0.717) is 17.7 Å². The number of carbonyl (C=O) groups is 2. The molecule has 1 fully saturated rings. The maximum absolute atomic E-state index is 12.4. The Morgan fingerprint density at radius 3 is 2.42 bits per heavy atom. The van der Waals surface area contributed by atoms with E-state index >= 15 is 0 Å². The third-order valence-corrected chi connectivity index (χ3v) is 5.23. The largest absolute Gasteiger partial charge is 0.392 e. The molecule has 2 amide bonds. The van der Waals surface area contributed by atoms with Crippen LogP contribution in [0.2, 0.25) is 0 Å². The third kappa shape index (κ3) is 3.23. The van der Waals surface area contributed by atoms with Crippen molar-refractivity contribution in [2.24, 2.45) is 0 Å². The summed E-state index contributed by atoms with van der Waals surface area (Å²) in [6.45, 7) is 4.26. The lowest BCUT2D eigenvalue weighted by atomic mass is 9.96. The zero-order chi connectivity index (χ0) is 17.1. The second-order valence-corrected chi connectivity index (χ2v) is 6.74. The molecule has 0 aromatic heterocycles. The molecule has 2 heterocycles. The molecular weight excluding hydrogens is 304 g/mol. The van der Waals surface area contributed by atoms with Crippen molar-refractivity contribution in [2.75, 3.05) is 19.6 Å². The molecule has 3 rings (SSSR count). The van der Waals surface area contributed by atoms with Crippen LogP contribution in [-0.4, -0.2) is 58.5 Å². The number of hydrogen-bond donors (Lipinski definition) is 1. The Morgan fingerprint density at radius 2 is 1.79 bits per heavy atom. The highest BCUT2D eigenvalue weighted by Crippen LogP contribution is 2.24. The first-order chi connectivity index (χ1) is 11.6. The van der Waals surface area contributed by atoms with Crippen LogP contribution in [0.1, 0.15) is 59.7 Å². The lowest BCUT2D eigenvalue weighted by Crippen LogP contribution is -2.47. The first-order valence-corrected chi connectivity index (χ1v) is 9.00. The summed E-state index contributed by atoms with van der Waals surface area (Å²) in [5, 5.41) is 10.2. The van der Waals surface area contributed by atoms with Gasteiger partial charge in [0, 0.05) is 19.1 Å². The zero-order valence-electron chi connectivity index (χ0n) is 14.3. The second-order valence-electron chi connectivity index (χ2n) is 6.74. The van der Waals surface area contributed by atoms with Crippen LogP contribution in [0.5, 0.6) is 0 Å². The molecule has 1 aromatic carbocycles. The van der Waals surface area contributed by atoms with Crippen molar-refractivity contribution in [3.8, 4) is 0 Å². The number of nitrogens with zero attached hydrogens (tertiary/aromatic N) is 2. The van der Waals surface area contributed by atoms with Crippen LogP contribution in [-0.2, 0) is 0 Å². The highest BCUT2D eigenvalue weighted by molar-refractivity contribution is 6.21. The highest BCUT2D eigenvalue weighted by Gasteiger charge is 2.35. The van der Waals surface area contributed by atoms with Crippen molar-refractivity contribution in [3.05, 3.63) is 35.4 Å². The second kappa shape index (κ2) is 7.45. The monoisotopic (exact) mass is 330 g/mol. The van der Waals surface area contributed by atoms with Crippen molar-refractivity contribution < 1.29 is 14.7 Å². The van der Waals surface area contributed by atoms with E-state index in [4.69, 9.17) is 0 Å². The molecule has 1 saturated heterocycles. The van der Waals surface area contributed by atoms with Gasteiger partial charge in [0.1, 0.15) is 0 Å². The molecule has 2 aliphatic heterocycles. The van der Waals surface area contributed by atoms with E-state index in [1.54, 1.807) is 24.3 Å². The zero-order valence-corrected chi connectivity index (χ0v) is 14.3. The lowest BCUT2D eigenvalue weighted by molar-refractivity contribution is 0.0220. The average molecular weight is 330 g/mol. The minimum Gasteiger partial charge on any atom is -0.392 e. The van der Waals surface area contributed by atoms with E-state index in [2.05, 4.69) is 4.90 Å². The Morgan fingerprint density at radius 1 is 1.12 bits per heavy atom. The molecule has 1 N–H and O–H groups in total. The van der Waals surface area contributed by atoms with Gasteiger partial charge in [-0.25, -0.2) is 0 Å². The normalized spacial score (nSPS) is 22.8. The number of aliphatic hydroxyl groups excluding tert-OH is 1. The van der Waals surface area contributed by atoms with Gasteiger partial charge in [0.2, 0.25) is 0 Å². The fourth-order valence-corrected chi connectivity index (χ4v) is 3.88. The summed E-state index contributed by atoms with van der Waals surface area (Å²) in [4.78, 5) is 28.4. The fourth-order valence-electron chi connectivity index (χ4n) is 3.88. The van der Waals surface area contributed by atoms with E-state index in [0.717, 1.165) is 45.2 Å². The number of likely N-dealkylation sites (tertiary alicyclic amines) is 1. The van der Waals surface area contributed by atoms with Gasteiger partial charge in [-0.2, -0.15) is 0 Å². The summed E-state index contributed by atoms with van der Waals surface area (Å²) >= 11 is 0. The van der Waals surface area contributed by atoms with E-state index in [1.165, 1.54) is 4.90 Å². The maximum atomic E-state index is 12.4. The van der Waals surface area contributed by atoms with Crippen LogP contribution in [0, 0.1) is 0 Å². The Kier molecular flexibility index (Phi) is 5.31. The predicted octanol–water partition coefficient (Wildman–Crippen LogP) is 2.30. The van der Waals surface area contributed by atoms with Crippen molar-refractivity contribution in [1.29, 1.82) is 0 Å². The summed E-state index contributed by atoms with van der Waals surface area (Å²) in [5.41, 5.74) is 1.03. The number of carbonyl (C=O) groups excluding carboxylic acids is 2. The topological polar surface area (TPSA) is 60.9 Å². The number of benzene rings is 1. The Hall–Kier alpha value is -1.72. The summed E-state index contributed by atoms with van der Waals surface area (Å²) < 4.78 is 0. The molecule has 0 aliphatic carbocycles. The Balaban J connectivity index is 1.57. The molecule has 2 aliphatic rings. The standard InChI is InChI=1S/C19H26N2O3/c1-2-17(22)16-10-5-6-11-20(16)12-7-13-21-18(23)14-8-3-4-9-15(14)19(21)24/h3-4,8-9,16-17,22H,2,5-7,10-13H2,1H3. The first kappa shape index (κ1) is 17.1. The van der Waals surface area contributed by atoms with Gasteiger partial charge in [-0.15, -0.1) is 0 Å². The van der Waals surface area contributed by atoms with Gasteiger partial charge in [0.05, 0.1) is 17.2 Å². The minimum atomic E-state index is -0.287. The van der Waals surface area contributed by atoms with Crippen LogP contribution in [0.15, 0.2) is 24.3 Å². The van der Waals surface area contributed by atoms with Gasteiger partial charge in [-0.05, 0) is 44.4 Å². The van der Waals surface area contributed by atoms with Crippen LogP contribution < -0.4 is 0 Å². The smallest absolute Gasteiger partial charge is 0.261 e. The predicted molar refractivity (Wildman–Crippen MR) is 91.9 cm³/mol. The van der Waals surface area contributed by atoms with Crippen LogP contribution in [0.4, 0.5) is 0 Å². The number of fused-ring (bicyclic) bond motifs is 1. The molecule has 24 heavy (non-hydrogen) atoms. The quantitative estimate of drug-likeness (QED) is 0.813. The van der Waals surface area contributed by atoms with Gasteiger partial charge in [-0.1, -0.05) is 25.5 Å². The number of piperidine rings is 1. The van der Waals surface area contributed by atoms with Gasteiger partial charge in [0.15, 0.2) is 0 Å². The van der Waals surface area contributed by atoms with Gasteiger partial charge in [0.25, 0.3) is 11.8 Å². The summed E-state index contributed by atoms with van der Waals surface area (Å²) in [6, 6.07) is 7.23. The lowest BCUT2D eigenvalue weighted by Gasteiger charge is -2.38. The van der Waals surface area contributed by atoms with E-state index in [9.17, 15) is 14.7 Å². The first-order valence-electron chi connectivity index (χ1n) is 9.00. The fraction of sp³-hybridized carbons (Fsp3) is 0.579. The number of rotatable bonds is 6. The Labute approximate surface area is 143 Å². The molecule has 2 atom stereocenters. The molecule has 130 valence electrons. The molecule has 0 radical (unpaired) electrons. The molecule has 0 bridgehead atoms. The van der Waals surface area contributed by atoms with E-state index in [1.807, 2.05) is 6.92 Å². The molecule has 0 spiro atoms. The maximum Gasteiger partial charge on any atom is 0.261 e. The SMILES string of the molecule is CCC(O)C1CCCCN1CCCN1C(=O)c2ccccc2C1=O. The van der Waals surface area contributed by atoms with Crippen LogP contribution in [0.25, 0.3) is 0 Å². The van der Waals surface area contributed by atoms with Crippen LogP contribution >= 0.6 is 0 Å². The van der Waals surface area contributed by atoms with Crippen molar-refractivity contribution in [3.63, 3.8) is 0 Å². The minimum absolute atomic E-state index is 0.181. The van der Waals surface area contributed by atoms with Crippen LogP contribution in [0.3, 0.4) is 0 Å². The number of imide groups is 1. The third-order valence-electron chi connectivity index (χ3n) is 5.23. The highest BCUT2D eigenvalue weighted by atomic mass is 16.3. The number of amides is 2. The van der Waals surface area contributed by atoms with Crippen molar-refractivity contribution in [2.45, 2.75) is 51.2 Å². The summed E-state index contributed by atoms with van der Waals surface area (Å²) in [6.07, 6.45) is 4.57. The van der Waals surface area contributed by atoms with Gasteiger partial charge < -0.3 is 5.11 Å². The van der Waals surface area contributed by atoms with E-state index < -0.39 is 0 Å². The molecule has 5 heteroatoms. The van der Waals surface area contributed by atoms with Gasteiger partial charge in [-0.3, -0.25) is 19.4 Å². The number of hydrogen-bond acceptors (Lipinski definition) is 4. The molecule has 1 aromatic rings. The summed E-state index contributed by atoms with van der Waals surface area (Å²) in [5.74, 6) is -0.362. The van der Waals surface area contributed by atoms with E-state index in [-0.39, 0.29) is 24.0 Å². The molecule has 0 saturated carbocycles. The Bertz CT molecular complexity index is 581. The summed E-state index contributed by atoms with van der Waals surface area (Å²) in [7, 11) is 0.